The Hall–Kier alpha value is -1.13. The first-order valence-corrected chi connectivity index (χ1v) is 5.11. The van der Waals surface area contributed by atoms with Crippen molar-refractivity contribution >= 4 is 28.0 Å². The average Bonchev–Trinajstić information content (AvgIpc) is 2.20. The molecule has 0 saturated carbocycles. The zero-order chi connectivity index (χ0) is 11.3. The summed E-state index contributed by atoms with van der Waals surface area (Å²) in [5, 5.41) is 8.89. The number of ether oxygens (including phenoxy) is 1. The van der Waals surface area contributed by atoms with Crippen molar-refractivity contribution in [2.45, 2.75) is 0 Å². The quantitative estimate of drug-likeness (QED) is 0.856. The number of benzene rings is 1. The minimum Gasteiger partial charge on any atom is -0.478 e. The molecule has 0 atom stereocenters. The molecule has 0 saturated heterocycles. The second-order valence-corrected chi connectivity index (χ2v) is 3.78. The largest absolute Gasteiger partial charge is 0.478 e. The van der Waals surface area contributed by atoms with Crippen molar-refractivity contribution < 1.29 is 14.6 Å². The van der Waals surface area contributed by atoms with Crippen LogP contribution in [0.15, 0.2) is 34.3 Å². The van der Waals surface area contributed by atoms with Crippen LogP contribution in [0.1, 0.15) is 5.56 Å². The first kappa shape index (κ1) is 11.9. The Balaban J connectivity index is 3.02. The molecule has 3 nitrogen and oxygen atoms in total. The van der Waals surface area contributed by atoms with Crippen LogP contribution >= 0.6 is 15.9 Å². The molecule has 0 aliphatic carbocycles. The second kappa shape index (κ2) is 5.68. The minimum atomic E-state index is -0.965. The molecule has 0 aliphatic rings. The van der Waals surface area contributed by atoms with Crippen LogP contribution in [0.3, 0.4) is 0 Å². The van der Waals surface area contributed by atoms with Crippen molar-refractivity contribution in [2.24, 2.45) is 0 Å². The Kier molecular flexibility index (Phi) is 4.52. The lowest BCUT2D eigenvalue weighted by Gasteiger charge is -2.02. The molecule has 0 aliphatic heterocycles. The van der Waals surface area contributed by atoms with Gasteiger partial charge in [-0.15, -0.1) is 0 Å². The van der Waals surface area contributed by atoms with E-state index in [9.17, 15) is 4.79 Å². The van der Waals surface area contributed by atoms with Gasteiger partial charge in [0, 0.05) is 11.6 Å². The maximum atomic E-state index is 10.8. The van der Waals surface area contributed by atoms with Crippen molar-refractivity contribution in [3.05, 3.63) is 39.9 Å². The fraction of sp³-hybridized carbons (Fsp3) is 0.182. The van der Waals surface area contributed by atoms with Crippen LogP contribution in [0, 0.1) is 0 Å². The molecule has 4 heteroatoms. The highest BCUT2D eigenvalue weighted by Crippen LogP contribution is 2.19. The standard InChI is InChI=1S/C11H11BrO3/c1-15-7-9(11(13)14)6-8-4-2-3-5-10(8)12/h2-6H,7H2,1H3,(H,13,14)/b9-6-. The molecular weight excluding hydrogens is 260 g/mol. The molecule has 0 radical (unpaired) electrons. The maximum absolute atomic E-state index is 10.8. The molecule has 1 N–H and O–H groups in total. The lowest BCUT2D eigenvalue weighted by atomic mass is 10.1. The number of aliphatic carboxylic acids is 1. The van der Waals surface area contributed by atoms with Crippen molar-refractivity contribution in [3.63, 3.8) is 0 Å². The molecule has 80 valence electrons. The van der Waals surface area contributed by atoms with E-state index in [1.165, 1.54) is 7.11 Å². The smallest absolute Gasteiger partial charge is 0.333 e. The van der Waals surface area contributed by atoms with Crippen molar-refractivity contribution in [1.82, 2.24) is 0 Å². The van der Waals surface area contributed by atoms with Crippen LogP contribution in [0.4, 0.5) is 0 Å². The van der Waals surface area contributed by atoms with Crippen molar-refractivity contribution in [2.75, 3.05) is 13.7 Å². The van der Waals surface area contributed by atoms with Crippen LogP contribution in [-0.4, -0.2) is 24.8 Å². The van der Waals surface area contributed by atoms with Gasteiger partial charge in [-0.3, -0.25) is 0 Å². The summed E-state index contributed by atoms with van der Waals surface area (Å²) in [6, 6.07) is 7.42. The van der Waals surface area contributed by atoms with Gasteiger partial charge in [-0.05, 0) is 17.7 Å². The summed E-state index contributed by atoms with van der Waals surface area (Å²) in [4.78, 5) is 10.8. The van der Waals surface area contributed by atoms with Gasteiger partial charge in [-0.2, -0.15) is 0 Å². The Morgan fingerprint density at radius 2 is 2.20 bits per heavy atom. The van der Waals surface area contributed by atoms with Gasteiger partial charge >= 0.3 is 5.97 Å². The van der Waals surface area contributed by atoms with Crippen LogP contribution in [-0.2, 0) is 9.53 Å². The molecule has 1 aromatic rings. The Morgan fingerprint density at radius 3 is 2.73 bits per heavy atom. The number of hydrogen-bond acceptors (Lipinski definition) is 2. The van der Waals surface area contributed by atoms with Crippen LogP contribution in [0.5, 0.6) is 0 Å². The van der Waals surface area contributed by atoms with Gasteiger partial charge in [0.15, 0.2) is 0 Å². The Bertz CT molecular complexity index is 385. The van der Waals surface area contributed by atoms with Gasteiger partial charge in [0.2, 0.25) is 0 Å². The third-order valence-electron chi connectivity index (χ3n) is 1.81. The normalized spacial score (nSPS) is 11.5. The predicted octanol–water partition coefficient (Wildman–Crippen LogP) is 2.56. The van der Waals surface area contributed by atoms with Gasteiger partial charge in [0.25, 0.3) is 0 Å². The van der Waals surface area contributed by atoms with Crippen LogP contribution in [0.2, 0.25) is 0 Å². The summed E-state index contributed by atoms with van der Waals surface area (Å²) < 4.78 is 5.67. The zero-order valence-corrected chi connectivity index (χ0v) is 9.82. The summed E-state index contributed by atoms with van der Waals surface area (Å²) >= 11 is 3.35. The summed E-state index contributed by atoms with van der Waals surface area (Å²) in [7, 11) is 1.47. The number of methoxy groups -OCH3 is 1. The monoisotopic (exact) mass is 270 g/mol. The summed E-state index contributed by atoms with van der Waals surface area (Å²) in [6.07, 6.45) is 1.59. The maximum Gasteiger partial charge on any atom is 0.333 e. The first-order valence-electron chi connectivity index (χ1n) is 4.32. The summed E-state index contributed by atoms with van der Waals surface area (Å²) in [5.74, 6) is -0.965. The van der Waals surface area contributed by atoms with Gasteiger partial charge in [0.05, 0.1) is 12.2 Å². The SMILES string of the molecule is COC/C(=C/c1ccccc1Br)C(=O)O. The number of carbonyl (C=O) groups is 1. The Labute approximate surface area is 96.5 Å². The second-order valence-electron chi connectivity index (χ2n) is 2.93. The van der Waals surface area contributed by atoms with Crippen molar-refractivity contribution in [3.8, 4) is 0 Å². The van der Waals surface area contributed by atoms with E-state index >= 15 is 0 Å². The van der Waals surface area contributed by atoms with E-state index in [1.807, 2.05) is 24.3 Å². The summed E-state index contributed by atoms with van der Waals surface area (Å²) in [6.45, 7) is 0.0939. The molecule has 0 heterocycles. The highest BCUT2D eigenvalue weighted by atomic mass is 79.9. The van der Waals surface area contributed by atoms with Crippen LogP contribution in [0.25, 0.3) is 6.08 Å². The number of hydrogen-bond donors (Lipinski definition) is 1. The van der Waals surface area contributed by atoms with E-state index in [4.69, 9.17) is 9.84 Å². The zero-order valence-electron chi connectivity index (χ0n) is 8.24. The number of rotatable bonds is 4. The average molecular weight is 271 g/mol. The van der Waals surface area contributed by atoms with E-state index in [1.54, 1.807) is 6.08 Å². The third kappa shape index (κ3) is 3.49. The van der Waals surface area contributed by atoms with Gasteiger partial charge in [-0.25, -0.2) is 4.79 Å². The van der Waals surface area contributed by atoms with E-state index in [0.29, 0.717) is 0 Å². The molecule has 1 aromatic carbocycles. The number of carboxylic acids is 1. The van der Waals surface area contributed by atoms with E-state index < -0.39 is 5.97 Å². The Morgan fingerprint density at radius 1 is 1.53 bits per heavy atom. The van der Waals surface area contributed by atoms with Gasteiger partial charge in [-0.1, -0.05) is 34.1 Å². The molecule has 0 unspecified atom stereocenters. The van der Waals surface area contributed by atoms with E-state index in [2.05, 4.69) is 15.9 Å². The molecule has 0 amide bonds. The van der Waals surface area contributed by atoms with E-state index in [-0.39, 0.29) is 12.2 Å². The van der Waals surface area contributed by atoms with Gasteiger partial charge < -0.3 is 9.84 Å². The highest BCUT2D eigenvalue weighted by molar-refractivity contribution is 9.10. The molecule has 1 rings (SSSR count). The molecule has 0 bridgehead atoms. The molecular formula is C11H11BrO3. The van der Waals surface area contributed by atoms with Crippen molar-refractivity contribution in [1.29, 1.82) is 0 Å². The summed E-state index contributed by atoms with van der Waals surface area (Å²) in [5.41, 5.74) is 1.05. The predicted molar refractivity (Wildman–Crippen MR) is 61.6 cm³/mol. The van der Waals surface area contributed by atoms with Gasteiger partial charge in [0.1, 0.15) is 0 Å². The number of carboxylic acid groups (broad SMARTS) is 1. The minimum absolute atomic E-state index is 0.0939. The molecule has 0 spiro atoms. The topological polar surface area (TPSA) is 46.5 Å². The third-order valence-corrected chi connectivity index (χ3v) is 2.53. The fourth-order valence-electron chi connectivity index (χ4n) is 1.10. The lowest BCUT2D eigenvalue weighted by molar-refractivity contribution is -0.133. The molecule has 0 fully saturated rings. The van der Waals surface area contributed by atoms with Crippen LogP contribution < -0.4 is 0 Å². The molecule has 15 heavy (non-hydrogen) atoms. The fourth-order valence-corrected chi connectivity index (χ4v) is 1.50. The molecule has 0 aromatic heterocycles. The number of halogens is 1. The lowest BCUT2D eigenvalue weighted by Crippen LogP contribution is -2.06. The van der Waals surface area contributed by atoms with E-state index in [0.717, 1.165) is 10.0 Å². The highest BCUT2D eigenvalue weighted by Gasteiger charge is 2.07. The first-order chi connectivity index (χ1) is 7.15.